The summed E-state index contributed by atoms with van der Waals surface area (Å²) in [4.78, 5) is 4.03. The summed E-state index contributed by atoms with van der Waals surface area (Å²) in [5, 5.41) is 11.4. The molecule has 3 aromatic rings. The summed E-state index contributed by atoms with van der Waals surface area (Å²) in [6.45, 7) is 0. The maximum absolute atomic E-state index is 4.17. The molecule has 0 atom stereocenters. The minimum atomic E-state index is 0.736. The second-order valence-electron chi connectivity index (χ2n) is 4.02. The molecule has 0 aliphatic rings. The molecule has 4 nitrogen and oxygen atoms in total. The normalized spacial score (nSPS) is 10.1. The van der Waals surface area contributed by atoms with Gasteiger partial charge in [-0.15, -0.1) is 5.10 Å². The molecule has 0 aliphatic heterocycles. The van der Waals surface area contributed by atoms with E-state index in [-0.39, 0.29) is 0 Å². The highest BCUT2D eigenvalue weighted by molar-refractivity contribution is 5.77. The summed E-state index contributed by atoms with van der Waals surface area (Å²) < 4.78 is 0. The fourth-order valence-electron chi connectivity index (χ4n) is 1.85. The summed E-state index contributed by atoms with van der Waals surface area (Å²) in [5.41, 5.74) is 3.04. The third-order valence-corrected chi connectivity index (χ3v) is 2.75. The molecule has 2 heterocycles. The van der Waals surface area contributed by atoms with Crippen LogP contribution >= 0.6 is 0 Å². The number of rotatable bonds is 3. The molecular weight excluding hydrogens is 236 g/mol. The number of aromatic nitrogens is 3. The highest BCUT2D eigenvalue weighted by atomic mass is 15.2. The van der Waals surface area contributed by atoms with E-state index in [0.717, 1.165) is 22.6 Å². The first-order valence-electron chi connectivity index (χ1n) is 5.97. The van der Waals surface area contributed by atoms with Crippen LogP contribution < -0.4 is 5.32 Å². The number of nitrogens with zero attached hydrogens (tertiary/aromatic N) is 3. The molecule has 1 N–H and O–H groups in total. The molecule has 2 aromatic heterocycles. The van der Waals surface area contributed by atoms with E-state index in [4.69, 9.17) is 0 Å². The van der Waals surface area contributed by atoms with Gasteiger partial charge in [0.15, 0.2) is 5.82 Å². The molecule has 3 rings (SSSR count). The molecular formula is C15H12N4. The molecule has 0 amide bonds. The number of pyridine rings is 1. The van der Waals surface area contributed by atoms with Crippen LogP contribution in [-0.2, 0) is 0 Å². The molecule has 0 unspecified atom stereocenters. The topological polar surface area (TPSA) is 50.7 Å². The highest BCUT2D eigenvalue weighted by Gasteiger charge is 2.06. The lowest BCUT2D eigenvalue weighted by Gasteiger charge is -2.09. The van der Waals surface area contributed by atoms with Gasteiger partial charge in [0.25, 0.3) is 0 Å². The number of para-hydroxylation sites is 1. The van der Waals surface area contributed by atoms with Crippen molar-refractivity contribution in [3.8, 4) is 11.1 Å². The molecule has 0 spiro atoms. The lowest BCUT2D eigenvalue weighted by atomic mass is 10.1. The Labute approximate surface area is 111 Å². The van der Waals surface area contributed by atoms with E-state index in [2.05, 4.69) is 20.5 Å². The van der Waals surface area contributed by atoms with Crippen LogP contribution in [0.4, 0.5) is 11.5 Å². The van der Waals surface area contributed by atoms with Crippen LogP contribution in [0.2, 0.25) is 0 Å². The Bertz CT molecular complexity index is 653. The van der Waals surface area contributed by atoms with Crippen molar-refractivity contribution >= 4 is 11.5 Å². The van der Waals surface area contributed by atoms with E-state index < -0.39 is 0 Å². The first kappa shape index (κ1) is 11.3. The molecule has 0 saturated heterocycles. The van der Waals surface area contributed by atoms with E-state index in [0.29, 0.717) is 0 Å². The standard InChI is InChI=1S/C15H12N4/c1-2-4-13(5-3-1)18-15-14(8-11-17-19-15)12-6-9-16-10-7-12/h1-11H,(H,18,19). The Morgan fingerprint density at radius 3 is 2.37 bits per heavy atom. The summed E-state index contributed by atoms with van der Waals surface area (Å²) in [5.74, 6) is 0.736. The zero-order chi connectivity index (χ0) is 12.9. The van der Waals surface area contributed by atoms with Gasteiger partial charge in [-0.1, -0.05) is 18.2 Å². The first-order valence-corrected chi connectivity index (χ1v) is 5.97. The maximum Gasteiger partial charge on any atom is 0.160 e. The van der Waals surface area contributed by atoms with Gasteiger partial charge in [0.1, 0.15) is 0 Å². The van der Waals surface area contributed by atoms with Crippen LogP contribution in [0.25, 0.3) is 11.1 Å². The van der Waals surface area contributed by atoms with Gasteiger partial charge in [0.2, 0.25) is 0 Å². The Morgan fingerprint density at radius 1 is 0.789 bits per heavy atom. The van der Waals surface area contributed by atoms with Crippen LogP contribution in [0.15, 0.2) is 67.1 Å². The van der Waals surface area contributed by atoms with Crippen molar-refractivity contribution in [1.29, 1.82) is 0 Å². The number of hydrogen-bond donors (Lipinski definition) is 1. The van der Waals surface area contributed by atoms with Crippen LogP contribution in [-0.4, -0.2) is 15.2 Å². The monoisotopic (exact) mass is 248 g/mol. The lowest BCUT2D eigenvalue weighted by Crippen LogP contribution is -1.97. The smallest absolute Gasteiger partial charge is 0.160 e. The Morgan fingerprint density at radius 2 is 1.58 bits per heavy atom. The molecule has 0 radical (unpaired) electrons. The average molecular weight is 248 g/mol. The Balaban J connectivity index is 1.99. The summed E-state index contributed by atoms with van der Waals surface area (Å²) in [7, 11) is 0. The summed E-state index contributed by atoms with van der Waals surface area (Å²) in [6, 6.07) is 15.8. The van der Waals surface area contributed by atoms with Crippen molar-refractivity contribution in [3.05, 3.63) is 67.1 Å². The highest BCUT2D eigenvalue weighted by Crippen LogP contribution is 2.26. The predicted molar refractivity (Wildman–Crippen MR) is 75.0 cm³/mol. The maximum atomic E-state index is 4.17. The summed E-state index contributed by atoms with van der Waals surface area (Å²) >= 11 is 0. The second kappa shape index (κ2) is 5.27. The molecule has 1 aromatic carbocycles. The first-order chi connectivity index (χ1) is 9.43. The molecule has 0 aliphatic carbocycles. The van der Waals surface area contributed by atoms with E-state index >= 15 is 0 Å². The van der Waals surface area contributed by atoms with Gasteiger partial charge in [0, 0.05) is 23.6 Å². The molecule has 92 valence electrons. The van der Waals surface area contributed by atoms with E-state index in [1.807, 2.05) is 48.5 Å². The predicted octanol–water partition coefficient (Wildman–Crippen LogP) is 3.28. The lowest BCUT2D eigenvalue weighted by molar-refractivity contribution is 1.04. The number of hydrogen-bond acceptors (Lipinski definition) is 4. The number of benzene rings is 1. The molecule has 19 heavy (non-hydrogen) atoms. The van der Waals surface area contributed by atoms with Gasteiger partial charge in [-0.25, -0.2) is 0 Å². The number of nitrogens with one attached hydrogen (secondary N) is 1. The van der Waals surface area contributed by atoms with Gasteiger partial charge < -0.3 is 5.32 Å². The van der Waals surface area contributed by atoms with E-state index in [9.17, 15) is 0 Å². The molecule has 0 saturated carbocycles. The van der Waals surface area contributed by atoms with E-state index in [1.165, 1.54) is 0 Å². The van der Waals surface area contributed by atoms with Crippen molar-refractivity contribution in [2.45, 2.75) is 0 Å². The van der Waals surface area contributed by atoms with Crippen molar-refractivity contribution in [1.82, 2.24) is 15.2 Å². The van der Waals surface area contributed by atoms with Gasteiger partial charge in [-0.2, -0.15) is 5.10 Å². The van der Waals surface area contributed by atoms with Crippen molar-refractivity contribution in [2.75, 3.05) is 5.32 Å². The average Bonchev–Trinajstić information content (AvgIpc) is 2.50. The van der Waals surface area contributed by atoms with Crippen molar-refractivity contribution < 1.29 is 0 Å². The van der Waals surface area contributed by atoms with Crippen LogP contribution in [0.5, 0.6) is 0 Å². The number of anilines is 2. The SMILES string of the molecule is c1ccc(Nc2nnccc2-c2ccncc2)cc1. The zero-order valence-electron chi connectivity index (χ0n) is 10.2. The summed E-state index contributed by atoms with van der Waals surface area (Å²) in [6.07, 6.45) is 5.22. The van der Waals surface area contributed by atoms with Gasteiger partial charge in [-0.3, -0.25) is 4.98 Å². The van der Waals surface area contributed by atoms with Crippen LogP contribution in [0, 0.1) is 0 Å². The largest absolute Gasteiger partial charge is 0.338 e. The fourth-order valence-corrected chi connectivity index (χ4v) is 1.85. The van der Waals surface area contributed by atoms with Gasteiger partial charge in [-0.05, 0) is 35.9 Å². The fraction of sp³-hybridized carbons (Fsp3) is 0. The second-order valence-corrected chi connectivity index (χ2v) is 4.02. The molecule has 0 fully saturated rings. The van der Waals surface area contributed by atoms with E-state index in [1.54, 1.807) is 18.6 Å². The Hall–Kier alpha value is -2.75. The van der Waals surface area contributed by atoms with Crippen LogP contribution in [0.1, 0.15) is 0 Å². The van der Waals surface area contributed by atoms with Crippen LogP contribution in [0.3, 0.4) is 0 Å². The van der Waals surface area contributed by atoms with Gasteiger partial charge in [0.05, 0.1) is 6.20 Å². The quantitative estimate of drug-likeness (QED) is 0.772. The Kier molecular flexibility index (Phi) is 3.14. The molecule has 4 heteroatoms. The zero-order valence-corrected chi connectivity index (χ0v) is 10.2. The third kappa shape index (κ3) is 2.57. The van der Waals surface area contributed by atoms with Crippen molar-refractivity contribution in [3.63, 3.8) is 0 Å². The minimum Gasteiger partial charge on any atom is -0.338 e. The minimum absolute atomic E-state index is 0.736. The molecule has 0 bridgehead atoms. The van der Waals surface area contributed by atoms with Gasteiger partial charge >= 0.3 is 0 Å². The third-order valence-electron chi connectivity index (χ3n) is 2.75. The van der Waals surface area contributed by atoms with Crippen molar-refractivity contribution in [2.24, 2.45) is 0 Å².